The van der Waals surface area contributed by atoms with E-state index in [1.54, 1.807) is 0 Å². The minimum absolute atomic E-state index is 0.0174. The highest BCUT2D eigenvalue weighted by Crippen LogP contribution is 2.30. The SMILES string of the molecule is O=C(N[C@H](Cc1c2ccccc2cc2ccccc12)C(=O)O)c1ccc(C(F)(F)F)cc1. The number of carbonyl (C=O) groups is 2. The van der Waals surface area contributed by atoms with E-state index in [4.69, 9.17) is 0 Å². The number of halogens is 3. The molecular formula is C25H18F3NO3. The van der Waals surface area contributed by atoms with Crippen molar-refractivity contribution in [3.05, 3.63) is 95.6 Å². The Morgan fingerprint density at radius 2 is 1.38 bits per heavy atom. The number of benzene rings is 4. The van der Waals surface area contributed by atoms with E-state index in [0.29, 0.717) is 0 Å². The van der Waals surface area contributed by atoms with E-state index in [-0.39, 0.29) is 12.0 Å². The number of fused-ring (bicyclic) bond motifs is 2. The highest BCUT2D eigenvalue weighted by molar-refractivity contribution is 6.03. The summed E-state index contributed by atoms with van der Waals surface area (Å²) in [6.45, 7) is 0. The van der Waals surface area contributed by atoms with Crippen molar-refractivity contribution in [1.82, 2.24) is 5.32 Å². The minimum Gasteiger partial charge on any atom is -0.480 e. The van der Waals surface area contributed by atoms with Gasteiger partial charge in [-0.25, -0.2) is 4.79 Å². The average Bonchev–Trinajstić information content (AvgIpc) is 2.77. The molecule has 4 aromatic rings. The number of carboxylic acids is 1. The molecule has 7 heteroatoms. The molecule has 0 radical (unpaired) electrons. The van der Waals surface area contributed by atoms with Gasteiger partial charge in [0.05, 0.1) is 5.56 Å². The van der Waals surface area contributed by atoms with Gasteiger partial charge in [0.1, 0.15) is 6.04 Å². The van der Waals surface area contributed by atoms with Crippen molar-refractivity contribution in [2.45, 2.75) is 18.6 Å². The maximum absolute atomic E-state index is 12.8. The van der Waals surface area contributed by atoms with Gasteiger partial charge in [0.2, 0.25) is 0 Å². The highest BCUT2D eigenvalue weighted by atomic mass is 19.4. The number of alkyl halides is 3. The lowest BCUT2D eigenvalue weighted by Gasteiger charge is -2.18. The number of hydrogen-bond donors (Lipinski definition) is 2. The largest absolute Gasteiger partial charge is 0.480 e. The quantitative estimate of drug-likeness (QED) is 0.409. The van der Waals surface area contributed by atoms with Crippen LogP contribution in [0, 0.1) is 0 Å². The van der Waals surface area contributed by atoms with Gasteiger partial charge in [-0.15, -0.1) is 0 Å². The van der Waals surface area contributed by atoms with Crippen LogP contribution >= 0.6 is 0 Å². The molecule has 1 amide bonds. The number of carboxylic acid groups (broad SMARTS) is 1. The Morgan fingerprint density at radius 3 is 1.88 bits per heavy atom. The second kappa shape index (κ2) is 8.34. The molecule has 0 aliphatic heterocycles. The third-order valence-electron chi connectivity index (χ3n) is 5.37. The lowest BCUT2D eigenvalue weighted by Crippen LogP contribution is -2.42. The number of hydrogen-bond acceptors (Lipinski definition) is 2. The lowest BCUT2D eigenvalue weighted by molar-refractivity contribution is -0.139. The summed E-state index contributed by atoms with van der Waals surface area (Å²) in [5, 5.41) is 15.9. The van der Waals surface area contributed by atoms with Crippen LogP contribution in [-0.4, -0.2) is 23.0 Å². The van der Waals surface area contributed by atoms with Crippen LogP contribution in [0.15, 0.2) is 78.9 Å². The zero-order valence-electron chi connectivity index (χ0n) is 16.7. The Morgan fingerprint density at radius 1 is 0.844 bits per heavy atom. The van der Waals surface area contributed by atoms with Crippen LogP contribution < -0.4 is 5.32 Å². The summed E-state index contributed by atoms with van der Waals surface area (Å²) in [5.41, 5.74) is -0.156. The zero-order valence-corrected chi connectivity index (χ0v) is 16.7. The Labute approximate surface area is 181 Å². The van der Waals surface area contributed by atoms with E-state index < -0.39 is 29.7 Å². The van der Waals surface area contributed by atoms with Crippen LogP contribution in [0.2, 0.25) is 0 Å². The molecule has 0 spiro atoms. The van der Waals surface area contributed by atoms with Gasteiger partial charge in [0.15, 0.2) is 0 Å². The van der Waals surface area contributed by atoms with Crippen LogP contribution in [0.1, 0.15) is 21.5 Å². The van der Waals surface area contributed by atoms with Crippen molar-refractivity contribution in [2.75, 3.05) is 0 Å². The predicted molar refractivity (Wildman–Crippen MR) is 115 cm³/mol. The van der Waals surface area contributed by atoms with Crippen LogP contribution in [0.5, 0.6) is 0 Å². The first-order valence-corrected chi connectivity index (χ1v) is 9.84. The third kappa shape index (κ3) is 4.27. The second-order valence-electron chi connectivity index (χ2n) is 7.44. The van der Waals surface area contributed by atoms with Crippen LogP contribution in [-0.2, 0) is 17.4 Å². The minimum atomic E-state index is -4.52. The molecule has 2 N–H and O–H groups in total. The van der Waals surface area contributed by atoms with Crippen molar-refractivity contribution in [1.29, 1.82) is 0 Å². The molecule has 162 valence electrons. The fourth-order valence-corrected chi connectivity index (χ4v) is 3.78. The second-order valence-corrected chi connectivity index (χ2v) is 7.44. The van der Waals surface area contributed by atoms with E-state index in [0.717, 1.165) is 51.4 Å². The Bertz CT molecular complexity index is 1260. The Kier molecular flexibility index (Phi) is 5.57. The maximum Gasteiger partial charge on any atom is 0.416 e. The predicted octanol–water partition coefficient (Wildman–Crippen LogP) is 5.44. The van der Waals surface area contributed by atoms with Gasteiger partial charge in [-0.2, -0.15) is 13.2 Å². The summed E-state index contributed by atoms with van der Waals surface area (Å²) in [4.78, 5) is 24.5. The molecule has 0 fully saturated rings. The van der Waals surface area contributed by atoms with Crippen molar-refractivity contribution >= 4 is 33.4 Å². The number of aliphatic carboxylic acids is 1. The van der Waals surface area contributed by atoms with E-state index >= 15 is 0 Å². The molecule has 0 heterocycles. The molecule has 0 saturated heterocycles. The summed E-state index contributed by atoms with van der Waals surface area (Å²) in [5.74, 6) is -1.99. The zero-order chi connectivity index (χ0) is 22.9. The molecule has 0 aliphatic rings. The Balaban J connectivity index is 1.66. The molecule has 4 aromatic carbocycles. The highest BCUT2D eigenvalue weighted by Gasteiger charge is 2.30. The smallest absolute Gasteiger partial charge is 0.416 e. The molecule has 4 rings (SSSR count). The van der Waals surface area contributed by atoms with Gasteiger partial charge in [-0.1, -0.05) is 48.5 Å². The number of nitrogens with one attached hydrogen (secondary N) is 1. The Hall–Kier alpha value is -3.87. The van der Waals surface area contributed by atoms with Crippen molar-refractivity contribution in [3.63, 3.8) is 0 Å². The molecule has 4 nitrogen and oxygen atoms in total. The van der Waals surface area contributed by atoms with E-state index in [1.165, 1.54) is 0 Å². The fraction of sp³-hybridized carbons (Fsp3) is 0.120. The molecule has 0 aliphatic carbocycles. The van der Waals surface area contributed by atoms with Crippen LogP contribution in [0.3, 0.4) is 0 Å². The molecule has 32 heavy (non-hydrogen) atoms. The standard InChI is InChI=1S/C25H18F3NO3/c26-25(27,28)18-11-9-15(10-12-18)23(30)29-22(24(31)32)14-21-19-7-3-1-5-16(19)13-17-6-2-4-8-20(17)21/h1-13,22H,14H2,(H,29,30)(H,31,32)/t22-/m1/s1. The molecular weight excluding hydrogens is 419 g/mol. The topological polar surface area (TPSA) is 66.4 Å². The molecule has 0 bridgehead atoms. The van der Waals surface area contributed by atoms with Crippen molar-refractivity contribution < 1.29 is 27.9 Å². The van der Waals surface area contributed by atoms with E-state index in [2.05, 4.69) is 5.32 Å². The molecule has 1 atom stereocenters. The monoisotopic (exact) mass is 437 g/mol. The summed E-state index contributed by atoms with van der Waals surface area (Å²) in [7, 11) is 0. The van der Waals surface area contributed by atoms with Crippen molar-refractivity contribution in [3.8, 4) is 0 Å². The van der Waals surface area contributed by atoms with Crippen LogP contribution in [0.4, 0.5) is 13.2 Å². The molecule has 0 saturated carbocycles. The first-order valence-electron chi connectivity index (χ1n) is 9.84. The normalized spacial score (nSPS) is 12.6. The van der Waals surface area contributed by atoms with Gasteiger partial charge in [0, 0.05) is 12.0 Å². The number of carbonyl (C=O) groups excluding carboxylic acids is 1. The molecule has 0 aromatic heterocycles. The van der Waals surface area contributed by atoms with Gasteiger partial charge >= 0.3 is 12.1 Å². The summed E-state index contributed by atoms with van der Waals surface area (Å²) in [6, 6.07) is 19.6. The van der Waals surface area contributed by atoms with Gasteiger partial charge in [-0.05, 0) is 57.4 Å². The lowest BCUT2D eigenvalue weighted by atomic mass is 9.92. The fourth-order valence-electron chi connectivity index (χ4n) is 3.78. The summed E-state index contributed by atoms with van der Waals surface area (Å²) >= 11 is 0. The van der Waals surface area contributed by atoms with Gasteiger partial charge in [0.25, 0.3) is 5.91 Å². The third-order valence-corrected chi connectivity index (χ3v) is 5.37. The van der Waals surface area contributed by atoms with Crippen LogP contribution in [0.25, 0.3) is 21.5 Å². The van der Waals surface area contributed by atoms with Gasteiger partial charge in [-0.3, -0.25) is 4.79 Å². The number of rotatable bonds is 5. The molecule has 0 unspecified atom stereocenters. The maximum atomic E-state index is 12.8. The average molecular weight is 437 g/mol. The van der Waals surface area contributed by atoms with Crippen molar-refractivity contribution in [2.24, 2.45) is 0 Å². The first-order chi connectivity index (χ1) is 15.2. The van der Waals surface area contributed by atoms with E-state index in [9.17, 15) is 27.9 Å². The van der Waals surface area contributed by atoms with E-state index in [1.807, 2.05) is 54.6 Å². The summed E-state index contributed by atoms with van der Waals surface area (Å²) < 4.78 is 38.3. The number of amides is 1. The van der Waals surface area contributed by atoms with Gasteiger partial charge < -0.3 is 10.4 Å². The summed E-state index contributed by atoms with van der Waals surface area (Å²) in [6.07, 6.45) is -4.50. The first kappa shape index (κ1) is 21.4.